The first-order valence-corrected chi connectivity index (χ1v) is 5.47. The molecule has 86 valence electrons. The van der Waals surface area contributed by atoms with Crippen molar-refractivity contribution in [1.82, 2.24) is 0 Å². The lowest BCUT2D eigenvalue weighted by atomic mass is 9.97. The van der Waals surface area contributed by atoms with E-state index in [0.717, 1.165) is 5.57 Å². The third kappa shape index (κ3) is 3.16. The first-order valence-electron chi connectivity index (χ1n) is 5.47. The van der Waals surface area contributed by atoms with Crippen LogP contribution < -0.4 is 0 Å². The Hall–Kier alpha value is -0.640. The fourth-order valence-electron chi connectivity index (χ4n) is 1.73. The summed E-state index contributed by atoms with van der Waals surface area (Å²) in [6, 6.07) is 0. The number of hydrogen-bond donors (Lipinski definition) is 1. The summed E-state index contributed by atoms with van der Waals surface area (Å²) >= 11 is 0. The Morgan fingerprint density at radius 3 is 2.47 bits per heavy atom. The standard InChI is InChI=1S/C12H20O3/c1-4-14-12(15-5-2)9(3)10-7-6-8-11(10)13/h6-7,10-13H,3-5,8H2,1-2H3. The van der Waals surface area contributed by atoms with Crippen LogP contribution in [0.5, 0.6) is 0 Å². The van der Waals surface area contributed by atoms with E-state index in [0.29, 0.717) is 19.6 Å². The minimum absolute atomic E-state index is 0.0342. The van der Waals surface area contributed by atoms with Crippen LogP contribution in [0.1, 0.15) is 20.3 Å². The van der Waals surface area contributed by atoms with E-state index in [4.69, 9.17) is 9.47 Å². The average Bonchev–Trinajstić information content (AvgIpc) is 2.63. The van der Waals surface area contributed by atoms with Gasteiger partial charge in [-0.25, -0.2) is 0 Å². The predicted molar refractivity (Wildman–Crippen MR) is 59.4 cm³/mol. The maximum absolute atomic E-state index is 9.71. The Balaban J connectivity index is 2.58. The van der Waals surface area contributed by atoms with E-state index in [9.17, 15) is 5.11 Å². The molecule has 0 bridgehead atoms. The highest BCUT2D eigenvalue weighted by atomic mass is 16.7. The summed E-state index contributed by atoms with van der Waals surface area (Å²) in [7, 11) is 0. The van der Waals surface area contributed by atoms with Gasteiger partial charge in [-0.05, 0) is 25.8 Å². The summed E-state index contributed by atoms with van der Waals surface area (Å²) in [5, 5.41) is 9.71. The second-order valence-corrected chi connectivity index (χ2v) is 3.57. The summed E-state index contributed by atoms with van der Waals surface area (Å²) in [5.41, 5.74) is 0.806. The second-order valence-electron chi connectivity index (χ2n) is 3.57. The summed E-state index contributed by atoms with van der Waals surface area (Å²) in [6.45, 7) is 8.96. The lowest BCUT2D eigenvalue weighted by molar-refractivity contribution is -0.116. The lowest BCUT2D eigenvalue weighted by Crippen LogP contribution is -2.27. The van der Waals surface area contributed by atoms with E-state index in [1.54, 1.807) is 0 Å². The summed E-state index contributed by atoms with van der Waals surface area (Å²) < 4.78 is 10.9. The van der Waals surface area contributed by atoms with Crippen LogP contribution in [0.2, 0.25) is 0 Å². The second kappa shape index (κ2) is 6.05. The van der Waals surface area contributed by atoms with Gasteiger partial charge in [0, 0.05) is 19.1 Å². The number of aliphatic hydroxyl groups is 1. The van der Waals surface area contributed by atoms with E-state index < -0.39 is 6.29 Å². The van der Waals surface area contributed by atoms with Crippen molar-refractivity contribution in [2.24, 2.45) is 5.92 Å². The Bertz CT molecular complexity index is 229. The number of aliphatic hydroxyl groups excluding tert-OH is 1. The third-order valence-corrected chi connectivity index (χ3v) is 2.50. The molecule has 2 unspecified atom stereocenters. The molecule has 2 atom stereocenters. The Morgan fingerprint density at radius 2 is 2.07 bits per heavy atom. The average molecular weight is 212 g/mol. The molecule has 1 N–H and O–H groups in total. The number of ether oxygens (including phenoxy) is 2. The van der Waals surface area contributed by atoms with Crippen LogP contribution in [-0.2, 0) is 9.47 Å². The van der Waals surface area contributed by atoms with Crippen molar-refractivity contribution >= 4 is 0 Å². The number of rotatable bonds is 6. The summed E-state index contributed by atoms with van der Waals surface area (Å²) in [6.07, 6.45) is 3.85. The van der Waals surface area contributed by atoms with Crippen molar-refractivity contribution in [2.75, 3.05) is 13.2 Å². The zero-order valence-electron chi connectivity index (χ0n) is 9.48. The van der Waals surface area contributed by atoms with Crippen molar-refractivity contribution in [1.29, 1.82) is 0 Å². The van der Waals surface area contributed by atoms with Crippen molar-refractivity contribution in [3.8, 4) is 0 Å². The molecule has 3 heteroatoms. The molecule has 0 saturated carbocycles. The maximum atomic E-state index is 9.71. The van der Waals surface area contributed by atoms with Crippen molar-refractivity contribution in [3.63, 3.8) is 0 Å². The van der Waals surface area contributed by atoms with Gasteiger partial charge in [0.15, 0.2) is 6.29 Å². The van der Waals surface area contributed by atoms with Crippen LogP contribution in [-0.4, -0.2) is 30.7 Å². The quantitative estimate of drug-likeness (QED) is 0.539. The fourth-order valence-corrected chi connectivity index (χ4v) is 1.73. The van der Waals surface area contributed by atoms with E-state index in [2.05, 4.69) is 6.58 Å². The van der Waals surface area contributed by atoms with Crippen LogP contribution in [0.4, 0.5) is 0 Å². The SMILES string of the molecule is C=C(C(OCC)OCC)C1C=CCC1O. The maximum Gasteiger partial charge on any atom is 0.180 e. The van der Waals surface area contributed by atoms with E-state index in [1.165, 1.54) is 0 Å². The normalized spacial score (nSPS) is 25.1. The molecule has 1 aliphatic carbocycles. The molecule has 0 radical (unpaired) electrons. The summed E-state index contributed by atoms with van der Waals surface area (Å²) in [4.78, 5) is 0. The first kappa shape index (κ1) is 12.4. The van der Waals surface area contributed by atoms with Crippen LogP contribution in [0.15, 0.2) is 24.3 Å². The lowest BCUT2D eigenvalue weighted by Gasteiger charge is -2.24. The van der Waals surface area contributed by atoms with E-state index in [1.807, 2.05) is 26.0 Å². The van der Waals surface area contributed by atoms with Crippen molar-refractivity contribution in [2.45, 2.75) is 32.7 Å². The van der Waals surface area contributed by atoms with E-state index in [-0.39, 0.29) is 12.0 Å². The Labute approximate surface area is 91.4 Å². The highest BCUT2D eigenvalue weighted by Gasteiger charge is 2.28. The summed E-state index contributed by atoms with van der Waals surface area (Å²) in [5.74, 6) is -0.0342. The van der Waals surface area contributed by atoms with Crippen LogP contribution in [0.3, 0.4) is 0 Å². The van der Waals surface area contributed by atoms with Crippen LogP contribution >= 0.6 is 0 Å². The zero-order chi connectivity index (χ0) is 11.3. The Kier molecular flexibility index (Phi) is 5.02. The monoisotopic (exact) mass is 212 g/mol. The van der Waals surface area contributed by atoms with Gasteiger partial charge in [-0.15, -0.1) is 0 Å². The van der Waals surface area contributed by atoms with Gasteiger partial charge >= 0.3 is 0 Å². The molecule has 0 heterocycles. The third-order valence-electron chi connectivity index (χ3n) is 2.50. The van der Waals surface area contributed by atoms with Gasteiger partial charge in [0.05, 0.1) is 6.10 Å². The fraction of sp³-hybridized carbons (Fsp3) is 0.667. The van der Waals surface area contributed by atoms with Gasteiger partial charge < -0.3 is 14.6 Å². The van der Waals surface area contributed by atoms with Gasteiger partial charge in [-0.1, -0.05) is 18.7 Å². The van der Waals surface area contributed by atoms with Gasteiger partial charge in [-0.3, -0.25) is 0 Å². The molecule has 1 rings (SSSR count). The molecule has 0 saturated heterocycles. The molecule has 0 fully saturated rings. The Morgan fingerprint density at radius 1 is 1.47 bits per heavy atom. The molecule has 0 aromatic carbocycles. The highest BCUT2D eigenvalue weighted by Crippen LogP contribution is 2.28. The molecule has 0 aromatic rings. The zero-order valence-corrected chi connectivity index (χ0v) is 9.48. The minimum Gasteiger partial charge on any atom is -0.392 e. The predicted octanol–water partition coefficient (Wildman–Crippen LogP) is 1.88. The van der Waals surface area contributed by atoms with Crippen molar-refractivity contribution in [3.05, 3.63) is 24.3 Å². The minimum atomic E-state index is -0.401. The molecule has 0 aromatic heterocycles. The van der Waals surface area contributed by atoms with E-state index >= 15 is 0 Å². The van der Waals surface area contributed by atoms with Gasteiger partial charge in [0.1, 0.15) is 0 Å². The molecular formula is C12H20O3. The molecule has 0 amide bonds. The number of hydrogen-bond acceptors (Lipinski definition) is 3. The van der Waals surface area contributed by atoms with Gasteiger partial charge in [0.2, 0.25) is 0 Å². The largest absolute Gasteiger partial charge is 0.392 e. The molecule has 0 aliphatic heterocycles. The molecular weight excluding hydrogens is 192 g/mol. The van der Waals surface area contributed by atoms with Crippen LogP contribution in [0, 0.1) is 5.92 Å². The highest BCUT2D eigenvalue weighted by molar-refractivity contribution is 5.19. The van der Waals surface area contributed by atoms with Gasteiger partial charge in [0.25, 0.3) is 0 Å². The molecule has 1 aliphatic rings. The molecule has 3 nitrogen and oxygen atoms in total. The van der Waals surface area contributed by atoms with Crippen molar-refractivity contribution < 1.29 is 14.6 Å². The van der Waals surface area contributed by atoms with Crippen LogP contribution in [0.25, 0.3) is 0 Å². The topological polar surface area (TPSA) is 38.7 Å². The molecule has 0 spiro atoms. The first-order chi connectivity index (χ1) is 7.20. The molecule has 15 heavy (non-hydrogen) atoms. The van der Waals surface area contributed by atoms with Gasteiger partial charge in [-0.2, -0.15) is 0 Å². The smallest absolute Gasteiger partial charge is 0.180 e.